The van der Waals surface area contributed by atoms with Crippen LogP contribution in [0.3, 0.4) is 0 Å². The monoisotopic (exact) mass is 435 g/mol. The largest absolute Gasteiger partial charge is 0.492 e. The van der Waals surface area contributed by atoms with Crippen molar-refractivity contribution in [1.82, 2.24) is 20.2 Å². The standard InChI is InChI=1S/C22H21N5O3S/c1-2-29-19-13-7-6-12-18(19)23-21(28)20(16-9-4-3-5-10-16)31-22-24-25-26-27(22)15-17-11-8-14-30-17/h3-14,20H,2,15H2,1H3,(H,23,28). The van der Waals surface area contributed by atoms with Gasteiger partial charge in [0.1, 0.15) is 23.3 Å². The lowest BCUT2D eigenvalue weighted by Crippen LogP contribution is -2.20. The zero-order valence-corrected chi connectivity index (χ0v) is 17.7. The van der Waals surface area contributed by atoms with Crippen LogP contribution in [-0.2, 0) is 11.3 Å². The first-order valence-corrected chi connectivity index (χ1v) is 10.7. The van der Waals surface area contributed by atoms with Gasteiger partial charge in [0.2, 0.25) is 11.1 Å². The first kappa shape index (κ1) is 20.7. The van der Waals surface area contributed by atoms with Crippen molar-refractivity contribution in [3.63, 3.8) is 0 Å². The van der Waals surface area contributed by atoms with Gasteiger partial charge in [-0.15, -0.1) is 5.10 Å². The molecular weight excluding hydrogens is 414 g/mol. The van der Waals surface area contributed by atoms with Gasteiger partial charge in [-0.1, -0.05) is 54.2 Å². The Bertz CT molecular complexity index is 1120. The number of carbonyl (C=O) groups excluding carboxylic acids is 1. The summed E-state index contributed by atoms with van der Waals surface area (Å²) in [6.45, 7) is 2.78. The van der Waals surface area contributed by atoms with Crippen LogP contribution in [0.2, 0.25) is 0 Å². The number of amides is 1. The van der Waals surface area contributed by atoms with E-state index in [9.17, 15) is 4.79 Å². The molecule has 0 saturated carbocycles. The number of ether oxygens (including phenoxy) is 1. The van der Waals surface area contributed by atoms with Gasteiger partial charge in [0.25, 0.3) is 0 Å². The number of para-hydroxylation sites is 2. The molecule has 4 rings (SSSR count). The van der Waals surface area contributed by atoms with Gasteiger partial charge < -0.3 is 14.5 Å². The number of tetrazole rings is 1. The maximum Gasteiger partial charge on any atom is 0.242 e. The average Bonchev–Trinajstić information content (AvgIpc) is 3.46. The summed E-state index contributed by atoms with van der Waals surface area (Å²) in [6.07, 6.45) is 1.60. The Morgan fingerprint density at radius 2 is 1.94 bits per heavy atom. The molecule has 1 amide bonds. The zero-order chi connectivity index (χ0) is 21.5. The Hall–Kier alpha value is -3.59. The van der Waals surface area contributed by atoms with Gasteiger partial charge in [-0.25, -0.2) is 4.68 Å². The highest BCUT2D eigenvalue weighted by atomic mass is 32.2. The highest BCUT2D eigenvalue weighted by Gasteiger charge is 2.26. The zero-order valence-electron chi connectivity index (χ0n) is 16.8. The number of furan rings is 1. The van der Waals surface area contributed by atoms with E-state index in [1.807, 2.05) is 73.7 Å². The van der Waals surface area contributed by atoms with Crippen molar-refractivity contribution in [2.45, 2.75) is 23.9 Å². The quantitative estimate of drug-likeness (QED) is 0.394. The van der Waals surface area contributed by atoms with Crippen LogP contribution in [0, 0.1) is 0 Å². The molecule has 8 nitrogen and oxygen atoms in total. The second-order valence-corrected chi connectivity index (χ2v) is 7.60. The number of anilines is 1. The molecule has 0 saturated heterocycles. The van der Waals surface area contributed by atoms with Crippen molar-refractivity contribution in [3.05, 3.63) is 84.3 Å². The van der Waals surface area contributed by atoms with Crippen molar-refractivity contribution in [2.75, 3.05) is 11.9 Å². The summed E-state index contributed by atoms with van der Waals surface area (Å²) >= 11 is 1.28. The SMILES string of the molecule is CCOc1ccccc1NC(=O)C(Sc1nnnn1Cc1ccco1)c1ccccc1. The van der Waals surface area contributed by atoms with E-state index in [4.69, 9.17) is 9.15 Å². The van der Waals surface area contributed by atoms with Crippen LogP contribution in [0.5, 0.6) is 5.75 Å². The minimum Gasteiger partial charge on any atom is -0.492 e. The highest BCUT2D eigenvalue weighted by Crippen LogP contribution is 2.36. The van der Waals surface area contributed by atoms with E-state index in [1.54, 1.807) is 10.9 Å². The van der Waals surface area contributed by atoms with E-state index in [-0.39, 0.29) is 5.91 Å². The third-order valence-electron chi connectivity index (χ3n) is 4.39. The summed E-state index contributed by atoms with van der Waals surface area (Å²) in [5, 5.41) is 14.9. The molecule has 0 aliphatic rings. The number of hydrogen-bond donors (Lipinski definition) is 1. The van der Waals surface area contributed by atoms with Gasteiger partial charge in [-0.05, 0) is 47.2 Å². The molecular formula is C22H21N5O3S. The van der Waals surface area contributed by atoms with Crippen LogP contribution in [-0.4, -0.2) is 32.7 Å². The Labute approximate surface area is 183 Å². The normalized spacial score (nSPS) is 11.8. The van der Waals surface area contributed by atoms with Crippen LogP contribution in [0.15, 0.2) is 82.6 Å². The molecule has 2 aromatic heterocycles. The average molecular weight is 436 g/mol. The van der Waals surface area contributed by atoms with E-state index in [0.717, 1.165) is 11.3 Å². The predicted molar refractivity (Wildman–Crippen MR) is 117 cm³/mol. The molecule has 1 unspecified atom stereocenters. The molecule has 31 heavy (non-hydrogen) atoms. The highest BCUT2D eigenvalue weighted by molar-refractivity contribution is 8.00. The molecule has 2 heterocycles. The number of rotatable bonds is 9. The minimum absolute atomic E-state index is 0.198. The second kappa shape index (κ2) is 9.94. The van der Waals surface area contributed by atoms with Crippen molar-refractivity contribution < 1.29 is 13.9 Å². The molecule has 0 bridgehead atoms. The lowest BCUT2D eigenvalue weighted by atomic mass is 10.1. The fourth-order valence-electron chi connectivity index (χ4n) is 2.99. The second-order valence-electron chi connectivity index (χ2n) is 6.53. The molecule has 158 valence electrons. The summed E-state index contributed by atoms with van der Waals surface area (Å²) in [5.74, 6) is 1.15. The van der Waals surface area contributed by atoms with E-state index >= 15 is 0 Å². The van der Waals surface area contributed by atoms with Crippen molar-refractivity contribution in [2.24, 2.45) is 0 Å². The molecule has 1 atom stereocenters. The fourth-order valence-corrected chi connectivity index (χ4v) is 3.96. The maximum absolute atomic E-state index is 13.3. The third-order valence-corrected chi connectivity index (χ3v) is 5.62. The van der Waals surface area contributed by atoms with Crippen LogP contribution in [0.25, 0.3) is 0 Å². The Morgan fingerprint density at radius 3 is 2.71 bits per heavy atom. The van der Waals surface area contributed by atoms with Crippen LogP contribution < -0.4 is 10.1 Å². The molecule has 0 aliphatic carbocycles. The fraction of sp³-hybridized carbons (Fsp3) is 0.182. The molecule has 9 heteroatoms. The van der Waals surface area contributed by atoms with Crippen LogP contribution in [0.1, 0.15) is 23.5 Å². The van der Waals surface area contributed by atoms with Gasteiger partial charge in [0, 0.05) is 0 Å². The maximum atomic E-state index is 13.3. The summed E-state index contributed by atoms with van der Waals surface area (Å²) in [4.78, 5) is 13.3. The Morgan fingerprint density at radius 1 is 1.13 bits per heavy atom. The molecule has 2 aromatic carbocycles. The first-order valence-electron chi connectivity index (χ1n) is 9.77. The number of benzene rings is 2. The molecule has 1 N–H and O–H groups in total. The lowest BCUT2D eigenvalue weighted by molar-refractivity contribution is -0.115. The first-order chi connectivity index (χ1) is 15.2. The molecule has 0 fully saturated rings. The van der Waals surface area contributed by atoms with E-state index in [2.05, 4.69) is 20.8 Å². The van der Waals surface area contributed by atoms with E-state index in [1.165, 1.54) is 11.8 Å². The summed E-state index contributed by atoms with van der Waals surface area (Å²) in [5.41, 5.74) is 1.46. The summed E-state index contributed by atoms with van der Waals surface area (Å²) < 4.78 is 12.6. The van der Waals surface area contributed by atoms with Crippen LogP contribution >= 0.6 is 11.8 Å². The molecule has 0 spiro atoms. The van der Waals surface area contributed by atoms with Gasteiger partial charge >= 0.3 is 0 Å². The van der Waals surface area contributed by atoms with Gasteiger partial charge in [-0.3, -0.25) is 4.79 Å². The van der Waals surface area contributed by atoms with Gasteiger partial charge in [0.15, 0.2) is 0 Å². The molecule has 0 radical (unpaired) electrons. The Kier molecular flexibility index (Phi) is 6.63. The number of hydrogen-bond acceptors (Lipinski definition) is 7. The number of carbonyl (C=O) groups is 1. The number of aromatic nitrogens is 4. The minimum atomic E-state index is -0.572. The smallest absolute Gasteiger partial charge is 0.242 e. The number of nitrogens with one attached hydrogen (secondary N) is 1. The third kappa shape index (κ3) is 5.13. The number of thioether (sulfide) groups is 1. The van der Waals surface area contributed by atoms with Crippen molar-refractivity contribution >= 4 is 23.4 Å². The molecule has 0 aliphatic heterocycles. The van der Waals surface area contributed by atoms with Crippen molar-refractivity contribution in [3.8, 4) is 5.75 Å². The van der Waals surface area contributed by atoms with E-state index in [0.29, 0.717) is 29.7 Å². The van der Waals surface area contributed by atoms with Gasteiger partial charge in [0.05, 0.1) is 18.6 Å². The van der Waals surface area contributed by atoms with Crippen molar-refractivity contribution in [1.29, 1.82) is 0 Å². The van der Waals surface area contributed by atoms with Gasteiger partial charge in [-0.2, -0.15) is 0 Å². The van der Waals surface area contributed by atoms with Crippen LogP contribution in [0.4, 0.5) is 5.69 Å². The number of nitrogens with zero attached hydrogens (tertiary/aromatic N) is 4. The topological polar surface area (TPSA) is 95.1 Å². The predicted octanol–water partition coefficient (Wildman–Crippen LogP) is 4.19. The Balaban J connectivity index is 1.59. The lowest BCUT2D eigenvalue weighted by Gasteiger charge is -2.18. The summed E-state index contributed by atoms with van der Waals surface area (Å²) in [6, 6.07) is 20.5. The summed E-state index contributed by atoms with van der Waals surface area (Å²) in [7, 11) is 0. The molecule has 4 aromatic rings. The van der Waals surface area contributed by atoms with E-state index < -0.39 is 5.25 Å².